The van der Waals surface area contributed by atoms with E-state index in [0.29, 0.717) is 32.5 Å². The molecule has 1 saturated carbocycles. The summed E-state index contributed by atoms with van der Waals surface area (Å²) in [6.45, 7) is 1.60. The molecule has 2 aliphatic heterocycles. The Morgan fingerprint density at radius 3 is 2.57 bits per heavy atom. The monoisotopic (exact) mass is 318 g/mol. The van der Waals surface area contributed by atoms with Crippen LogP contribution in [0.5, 0.6) is 0 Å². The summed E-state index contributed by atoms with van der Waals surface area (Å²) in [5.41, 5.74) is 5.47. The van der Waals surface area contributed by atoms with Crippen LogP contribution in [-0.2, 0) is 14.3 Å². The summed E-state index contributed by atoms with van der Waals surface area (Å²) in [6.07, 6.45) is 4.58. The molecule has 120 valence electrons. The van der Waals surface area contributed by atoms with Gasteiger partial charge >= 0.3 is 6.16 Å². The molecular weight excluding hydrogens is 296 g/mol. The molecule has 3 aliphatic rings. The van der Waals surface area contributed by atoms with Crippen LogP contribution in [0.4, 0.5) is 4.79 Å². The zero-order chi connectivity index (χ0) is 14.2. The summed E-state index contributed by atoms with van der Waals surface area (Å²) in [7, 11) is 0. The fourth-order valence-electron chi connectivity index (χ4n) is 3.52. The summed E-state index contributed by atoms with van der Waals surface area (Å²) in [6, 6.07) is 0.165. The molecule has 3 rings (SSSR count). The molecule has 0 aromatic rings. The summed E-state index contributed by atoms with van der Waals surface area (Å²) < 4.78 is 10.2. The van der Waals surface area contributed by atoms with Crippen LogP contribution in [0.2, 0.25) is 0 Å². The first kappa shape index (κ1) is 16.4. The van der Waals surface area contributed by atoms with E-state index in [4.69, 9.17) is 15.2 Å². The third-order valence-corrected chi connectivity index (χ3v) is 4.80. The van der Waals surface area contributed by atoms with Gasteiger partial charge in [0.15, 0.2) is 5.60 Å². The van der Waals surface area contributed by atoms with E-state index < -0.39 is 11.8 Å². The van der Waals surface area contributed by atoms with E-state index in [-0.39, 0.29) is 30.3 Å². The third-order valence-electron chi connectivity index (χ3n) is 4.80. The molecule has 0 bridgehead atoms. The minimum absolute atomic E-state index is 0. The number of amides is 1. The summed E-state index contributed by atoms with van der Waals surface area (Å²) in [4.78, 5) is 25.5. The number of halogens is 1. The van der Waals surface area contributed by atoms with Gasteiger partial charge in [-0.2, -0.15) is 0 Å². The van der Waals surface area contributed by atoms with Crippen molar-refractivity contribution in [2.45, 2.75) is 50.2 Å². The van der Waals surface area contributed by atoms with E-state index in [9.17, 15) is 9.59 Å². The molecule has 0 unspecified atom stereocenters. The van der Waals surface area contributed by atoms with Gasteiger partial charge in [-0.3, -0.25) is 4.79 Å². The van der Waals surface area contributed by atoms with Crippen LogP contribution in [0.15, 0.2) is 0 Å². The molecule has 1 spiro atoms. The van der Waals surface area contributed by atoms with Crippen molar-refractivity contribution in [1.29, 1.82) is 0 Å². The minimum Gasteiger partial charge on any atom is -0.430 e. The maximum absolute atomic E-state index is 12.5. The Morgan fingerprint density at radius 2 is 2.00 bits per heavy atom. The number of hydrogen-bond donors (Lipinski definition) is 1. The zero-order valence-electron chi connectivity index (χ0n) is 12.1. The first-order valence-electron chi connectivity index (χ1n) is 7.48. The highest BCUT2D eigenvalue weighted by atomic mass is 35.5. The summed E-state index contributed by atoms with van der Waals surface area (Å²) in [5, 5.41) is 0. The van der Waals surface area contributed by atoms with Crippen LogP contribution >= 0.6 is 12.4 Å². The van der Waals surface area contributed by atoms with Gasteiger partial charge in [0.1, 0.15) is 6.61 Å². The largest absolute Gasteiger partial charge is 0.509 e. The van der Waals surface area contributed by atoms with Crippen molar-refractivity contribution in [3.05, 3.63) is 0 Å². The normalized spacial score (nSPS) is 31.3. The number of ether oxygens (including phenoxy) is 2. The second-order valence-electron chi connectivity index (χ2n) is 6.27. The molecule has 2 N–H and O–H groups in total. The molecule has 0 radical (unpaired) electrons. The number of cyclic esters (lactones) is 1. The van der Waals surface area contributed by atoms with Crippen LogP contribution < -0.4 is 5.73 Å². The lowest BCUT2D eigenvalue weighted by atomic mass is 9.84. The number of likely N-dealkylation sites (tertiary alicyclic amines) is 1. The maximum Gasteiger partial charge on any atom is 0.509 e. The molecule has 7 heteroatoms. The van der Waals surface area contributed by atoms with Crippen molar-refractivity contribution >= 4 is 24.5 Å². The SMILES string of the molecule is Cl.N[C@H]1CCC[C@@H](C(=O)N2CCC3(CC2)COC(=O)O3)C1. The lowest BCUT2D eigenvalue weighted by molar-refractivity contribution is -0.140. The summed E-state index contributed by atoms with van der Waals surface area (Å²) >= 11 is 0. The van der Waals surface area contributed by atoms with Crippen molar-refractivity contribution in [3.8, 4) is 0 Å². The molecule has 1 aliphatic carbocycles. The van der Waals surface area contributed by atoms with Gasteiger partial charge in [0.2, 0.25) is 5.91 Å². The first-order valence-corrected chi connectivity index (χ1v) is 7.48. The predicted octanol–water partition coefficient (Wildman–Crippen LogP) is 1.45. The molecule has 2 heterocycles. The Bertz CT molecular complexity index is 410. The Balaban J connectivity index is 0.00000161. The number of rotatable bonds is 1. The second-order valence-corrected chi connectivity index (χ2v) is 6.27. The van der Waals surface area contributed by atoms with E-state index in [0.717, 1.165) is 25.7 Å². The molecule has 2 atom stereocenters. The molecule has 2 saturated heterocycles. The van der Waals surface area contributed by atoms with Gasteiger partial charge in [0.25, 0.3) is 0 Å². The standard InChI is InChI=1S/C14H22N2O4.ClH/c15-11-3-1-2-10(8-11)12(17)16-6-4-14(5-7-16)9-19-13(18)20-14;/h10-11H,1-9,15H2;1H/t10-,11+;/m1./s1. The van der Waals surface area contributed by atoms with E-state index in [1.54, 1.807) is 0 Å². The lowest BCUT2D eigenvalue weighted by Gasteiger charge is -2.38. The van der Waals surface area contributed by atoms with E-state index >= 15 is 0 Å². The Morgan fingerprint density at radius 1 is 1.29 bits per heavy atom. The number of nitrogens with zero attached hydrogens (tertiary/aromatic N) is 1. The fraction of sp³-hybridized carbons (Fsp3) is 0.857. The van der Waals surface area contributed by atoms with E-state index in [1.165, 1.54) is 0 Å². The van der Waals surface area contributed by atoms with Crippen molar-refractivity contribution in [3.63, 3.8) is 0 Å². The van der Waals surface area contributed by atoms with Crippen LogP contribution in [0.25, 0.3) is 0 Å². The van der Waals surface area contributed by atoms with Crippen LogP contribution in [0.1, 0.15) is 38.5 Å². The smallest absolute Gasteiger partial charge is 0.430 e. The molecule has 0 aromatic carbocycles. The molecule has 3 fully saturated rings. The fourth-order valence-corrected chi connectivity index (χ4v) is 3.52. The van der Waals surface area contributed by atoms with Crippen molar-refractivity contribution < 1.29 is 19.1 Å². The van der Waals surface area contributed by atoms with Gasteiger partial charge in [-0.15, -0.1) is 12.4 Å². The predicted molar refractivity (Wildman–Crippen MR) is 78.2 cm³/mol. The van der Waals surface area contributed by atoms with Crippen LogP contribution in [0, 0.1) is 5.92 Å². The highest BCUT2D eigenvalue weighted by Gasteiger charge is 2.46. The van der Waals surface area contributed by atoms with Gasteiger partial charge in [-0.1, -0.05) is 6.42 Å². The van der Waals surface area contributed by atoms with Gasteiger partial charge in [-0.05, 0) is 19.3 Å². The number of piperidine rings is 1. The molecule has 0 aromatic heterocycles. The van der Waals surface area contributed by atoms with Crippen molar-refractivity contribution in [2.75, 3.05) is 19.7 Å². The zero-order valence-corrected chi connectivity index (χ0v) is 12.9. The maximum atomic E-state index is 12.5. The Labute approximate surface area is 130 Å². The Kier molecular flexibility index (Phi) is 4.99. The second kappa shape index (κ2) is 6.40. The van der Waals surface area contributed by atoms with Gasteiger partial charge < -0.3 is 20.1 Å². The quantitative estimate of drug-likeness (QED) is 0.740. The van der Waals surface area contributed by atoms with E-state index in [2.05, 4.69) is 0 Å². The molecule has 1 amide bonds. The highest BCUT2D eigenvalue weighted by molar-refractivity contribution is 5.85. The number of hydrogen-bond acceptors (Lipinski definition) is 5. The average molecular weight is 319 g/mol. The number of carbonyl (C=O) groups excluding carboxylic acids is 2. The minimum atomic E-state index is -0.581. The average Bonchev–Trinajstić information content (AvgIpc) is 2.80. The van der Waals surface area contributed by atoms with Crippen LogP contribution in [-0.4, -0.2) is 48.3 Å². The topological polar surface area (TPSA) is 81.9 Å². The van der Waals surface area contributed by atoms with Crippen LogP contribution in [0.3, 0.4) is 0 Å². The molecular formula is C14H23ClN2O4. The number of carbonyl (C=O) groups is 2. The van der Waals surface area contributed by atoms with Gasteiger partial charge in [-0.25, -0.2) is 4.79 Å². The lowest BCUT2D eigenvalue weighted by Crippen LogP contribution is -2.50. The Hall–Kier alpha value is -1.01. The molecule has 6 nitrogen and oxygen atoms in total. The van der Waals surface area contributed by atoms with E-state index in [1.807, 2.05) is 4.90 Å². The van der Waals surface area contributed by atoms with Crippen molar-refractivity contribution in [2.24, 2.45) is 11.7 Å². The summed E-state index contributed by atoms with van der Waals surface area (Å²) in [5.74, 6) is 0.301. The highest BCUT2D eigenvalue weighted by Crippen LogP contribution is 2.33. The first-order chi connectivity index (χ1) is 9.58. The number of nitrogens with two attached hydrogens (primary N) is 1. The molecule has 21 heavy (non-hydrogen) atoms. The van der Waals surface area contributed by atoms with Gasteiger partial charge in [0.05, 0.1) is 0 Å². The van der Waals surface area contributed by atoms with Crippen molar-refractivity contribution in [1.82, 2.24) is 4.90 Å². The third kappa shape index (κ3) is 3.43. The van der Waals surface area contributed by atoms with Gasteiger partial charge in [0, 0.05) is 37.9 Å².